The SMILES string of the molecule is COC12CCCC[C@@]1(c1cccc(OC(C)=O)c1)C[C@@H](NC(=O)C(=Cc1ccccc1)C(F)(F)F)N(C)C2. The number of likely N-dealkylation sites (N-methyl/N-ethyl adjacent to an activating group) is 1. The van der Waals surface area contributed by atoms with Crippen LogP contribution in [0.1, 0.15) is 50.2 Å². The van der Waals surface area contributed by atoms with E-state index in [1.165, 1.54) is 19.1 Å². The standard InChI is InChI=1S/C29H33F3N2O4/c1-20(35)38-23-13-9-12-22(17-23)27-14-7-8-15-28(27,37-3)19-34(2)25(18-27)33-26(36)24(29(30,31)32)16-21-10-5-4-6-11-21/h4-6,9-13,16-17,25H,7-8,14-15,18-19H2,1-3H3,(H,33,36)/t25-,27-,28?/m0/s1. The van der Waals surface area contributed by atoms with Crippen LogP contribution in [0, 0.1) is 0 Å². The number of nitrogens with zero attached hydrogens (tertiary/aromatic N) is 1. The molecular formula is C29H33F3N2O4. The third-order valence-electron chi connectivity index (χ3n) is 7.88. The minimum Gasteiger partial charge on any atom is -0.427 e. The topological polar surface area (TPSA) is 67.9 Å². The first kappa shape index (κ1) is 27.9. The first-order valence-electron chi connectivity index (χ1n) is 12.7. The van der Waals surface area contributed by atoms with Crippen LogP contribution in [0.5, 0.6) is 5.75 Å². The smallest absolute Gasteiger partial charge is 0.421 e. The van der Waals surface area contributed by atoms with E-state index < -0.39 is 40.8 Å². The number of ether oxygens (including phenoxy) is 2. The summed E-state index contributed by atoms with van der Waals surface area (Å²) in [6.45, 7) is 1.74. The Bertz CT molecular complexity index is 1200. The van der Waals surface area contributed by atoms with E-state index in [0.29, 0.717) is 18.7 Å². The van der Waals surface area contributed by atoms with Crippen molar-refractivity contribution in [3.8, 4) is 5.75 Å². The van der Waals surface area contributed by atoms with Gasteiger partial charge in [-0.3, -0.25) is 14.5 Å². The van der Waals surface area contributed by atoms with Gasteiger partial charge in [0.15, 0.2) is 0 Å². The first-order valence-corrected chi connectivity index (χ1v) is 12.7. The molecule has 204 valence electrons. The summed E-state index contributed by atoms with van der Waals surface area (Å²) >= 11 is 0. The van der Waals surface area contributed by atoms with Crippen LogP contribution in [-0.4, -0.2) is 55.4 Å². The van der Waals surface area contributed by atoms with Gasteiger partial charge in [0.05, 0.1) is 11.8 Å². The lowest BCUT2D eigenvalue weighted by Crippen LogP contribution is -2.69. The number of hydrogen-bond donors (Lipinski definition) is 1. The molecule has 1 saturated carbocycles. The van der Waals surface area contributed by atoms with E-state index in [4.69, 9.17) is 9.47 Å². The number of halogens is 3. The van der Waals surface area contributed by atoms with Gasteiger partial charge in [0.25, 0.3) is 5.91 Å². The number of piperidine rings is 1. The highest BCUT2D eigenvalue weighted by atomic mass is 19.4. The zero-order valence-corrected chi connectivity index (χ0v) is 21.8. The number of nitrogens with one attached hydrogen (secondary N) is 1. The molecule has 9 heteroatoms. The monoisotopic (exact) mass is 530 g/mol. The molecule has 2 fully saturated rings. The Morgan fingerprint density at radius 1 is 1.08 bits per heavy atom. The highest BCUT2D eigenvalue weighted by molar-refractivity contribution is 5.99. The molecular weight excluding hydrogens is 497 g/mol. The molecule has 1 aliphatic carbocycles. The summed E-state index contributed by atoms with van der Waals surface area (Å²) in [5.41, 5.74) is -1.32. The van der Waals surface area contributed by atoms with Crippen molar-refractivity contribution in [2.45, 2.75) is 62.4 Å². The van der Waals surface area contributed by atoms with Gasteiger partial charge in [-0.1, -0.05) is 55.3 Å². The first-order chi connectivity index (χ1) is 18.0. The molecule has 0 spiro atoms. The number of methoxy groups -OCH3 is 1. The van der Waals surface area contributed by atoms with E-state index in [1.807, 2.05) is 11.0 Å². The van der Waals surface area contributed by atoms with Gasteiger partial charge in [-0.25, -0.2) is 0 Å². The molecule has 4 rings (SSSR count). The zero-order chi connectivity index (χ0) is 27.6. The Balaban J connectivity index is 1.70. The lowest BCUT2D eigenvalue weighted by molar-refractivity contribution is -0.161. The van der Waals surface area contributed by atoms with Crippen LogP contribution in [0.25, 0.3) is 6.08 Å². The van der Waals surface area contributed by atoms with Crippen LogP contribution in [0.15, 0.2) is 60.2 Å². The number of esters is 1. The second kappa shape index (κ2) is 10.9. The summed E-state index contributed by atoms with van der Waals surface area (Å²) in [4.78, 5) is 26.6. The fourth-order valence-electron chi connectivity index (χ4n) is 6.11. The van der Waals surface area contributed by atoms with Crippen LogP contribution in [0.4, 0.5) is 13.2 Å². The molecule has 0 bridgehead atoms. The second-order valence-corrected chi connectivity index (χ2v) is 10.2. The van der Waals surface area contributed by atoms with Crippen molar-refractivity contribution < 1.29 is 32.2 Å². The maximum absolute atomic E-state index is 14.0. The average Bonchev–Trinajstić information content (AvgIpc) is 2.87. The second-order valence-electron chi connectivity index (χ2n) is 10.2. The molecule has 3 atom stereocenters. The lowest BCUT2D eigenvalue weighted by Gasteiger charge is -2.60. The molecule has 1 heterocycles. The normalized spacial score (nSPS) is 26.4. The van der Waals surface area contributed by atoms with Crippen molar-refractivity contribution in [3.05, 3.63) is 71.3 Å². The van der Waals surface area contributed by atoms with Crippen molar-refractivity contribution in [1.82, 2.24) is 10.2 Å². The number of likely N-dealkylation sites (tertiary alicyclic amines) is 1. The number of alkyl halides is 3. The Morgan fingerprint density at radius 2 is 1.79 bits per heavy atom. The molecule has 1 unspecified atom stereocenters. The molecule has 2 aromatic rings. The minimum atomic E-state index is -4.83. The summed E-state index contributed by atoms with van der Waals surface area (Å²) < 4.78 is 53.5. The lowest BCUT2D eigenvalue weighted by atomic mass is 9.55. The number of carbonyl (C=O) groups excluding carboxylic acids is 2. The molecule has 1 saturated heterocycles. The summed E-state index contributed by atoms with van der Waals surface area (Å²) in [6.07, 6.45) is -0.978. The van der Waals surface area contributed by atoms with Crippen LogP contribution in [0.2, 0.25) is 0 Å². The maximum Gasteiger partial charge on any atom is 0.421 e. The molecule has 1 N–H and O–H groups in total. The fourth-order valence-corrected chi connectivity index (χ4v) is 6.11. The molecule has 2 aromatic carbocycles. The molecule has 1 aliphatic heterocycles. The number of fused-ring (bicyclic) bond motifs is 1. The summed E-state index contributed by atoms with van der Waals surface area (Å²) in [6, 6.07) is 15.2. The van der Waals surface area contributed by atoms with Crippen LogP contribution in [-0.2, 0) is 19.7 Å². The minimum absolute atomic E-state index is 0.288. The fraction of sp³-hybridized carbons (Fsp3) is 0.448. The third-order valence-corrected chi connectivity index (χ3v) is 7.88. The molecule has 1 amide bonds. The quantitative estimate of drug-likeness (QED) is 0.315. The molecule has 0 radical (unpaired) electrons. The number of benzene rings is 2. The Hall–Kier alpha value is -3.17. The Labute approximate surface area is 220 Å². The number of carbonyl (C=O) groups is 2. The largest absolute Gasteiger partial charge is 0.427 e. The molecule has 0 aromatic heterocycles. The van der Waals surface area contributed by atoms with Crippen LogP contribution < -0.4 is 10.1 Å². The van der Waals surface area contributed by atoms with Crippen LogP contribution in [0.3, 0.4) is 0 Å². The number of amides is 1. The van der Waals surface area contributed by atoms with Gasteiger partial charge >= 0.3 is 12.1 Å². The van der Waals surface area contributed by atoms with Gasteiger partial charge < -0.3 is 14.8 Å². The Kier molecular flexibility index (Phi) is 7.99. The van der Waals surface area contributed by atoms with Crippen molar-refractivity contribution in [3.63, 3.8) is 0 Å². The molecule has 38 heavy (non-hydrogen) atoms. The van der Waals surface area contributed by atoms with Gasteiger partial charge in [0, 0.05) is 26.0 Å². The van der Waals surface area contributed by atoms with E-state index in [0.717, 1.165) is 37.3 Å². The predicted octanol–water partition coefficient (Wildman–Crippen LogP) is 5.23. The van der Waals surface area contributed by atoms with Gasteiger partial charge in [-0.15, -0.1) is 0 Å². The predicted molar refractivity (Wildman–Crippen MR) is 137 cm³/mol. The van der Waals surface area contributed by atoms with E-state index in [1.54, 1.807) is 50.6 Å². The highest BCUT2D eigenvalue weighted by Gasteiger charge is 2.59. The molecule has 2 aliphatic rings. The van der Waals surface area contributed by atoms with E-state index in [2.05, 4.69) is 5.32 Å². The maximum atomic E-state index is 14.0. The molecule has 6 nitrogen and oxygen atoms in total. The van der Waals surface area contributed by atoms with Gasteiger partial charge in [0.1, 0.15) is 11.3 Å². The third kappa shape index (κ3) is 5.49. The van der Waals surface area contributed by atoms with Crippen molar-refractivity contribution in [1.29, 1.82) is 0 Å². The van der Waals surface area contributed by atoms with Crippen molar-refractivity contribution >= 4 is 18.0 Å². The summed E-state index contributed by atoms with van der Waals surface area (Å²) in [7, 11) is 3.45. The van der Waals surface area contributed by atoms with E-state index in [-0.39, 0.29) is 5.56 Å². The van der Waals surface area contributed by atoms with E-state index >= 15 is 0 Å². The summed E-state index contributed by atoms with van der Waals surface area (Å²) in [5.74, 6) is -1.23. The zero-order valence-electron chi connectivity index (χ0n) is 21.8. The number of hydrogen-bond acceptors (Lipinski definition) is 5. The average molecular weight is 531 g/mol. The van der Waals surface area contributed by atoms with E-state index in [9.17, 15) is 22.8 Å². The summed E-state index contributed by atoms with van der Waals surface area (Å²) in [5, 5.41) is 2.67. The van der Waals surface area contributed by atoms with Crippen LogP contribution >= 0.6 is 0 Å². The van der Waals surface area contributed by atoms with Gasteiger partial charge in [0.2, 0.25) is 0 Å². The Morgan fingerprint density at radius 3 is 2.45 bits per heavy atom. The number of rotatable bonds is 6. The highest BCUT2D eigenvalue weighted by Crippen LogP contribution is 2.54. The van der Waals surface area contributed by atoms with Gasteiger partial charge in [-0.05, 0) is 55.6 Å². The van der Waals surface area contributed by atoms with Crippen molar-refractivity contribution in [2.75, 3.05) is 20.7 Å². The van der Waals surface area contributed by atoms with Crippen molar-refractivity contribution in [2.24, 2.45) is 0 Å². The van der Waals surface area contributed by atoms with Gasteiger partial charge in [-0.2, -0.15) is 13.2 Å².